The molecule has 0 aromatic heterocycles. The Kier molecular flexibility index (Phi) is 5.26. The number of ketones is 1. The van der Waals surface area contributed by atoms with Crippen molar-refractivity contribution in [3.63, 3.8) is 0 Å². The van der Waals surface area contributed by atoms with Gasteiger partial charge in [-0.15, -0.1) is 0 Å². The Labute approximate surface area is 136 Å². The molecule has 1 aliphatic rings. The first kappa shape index (κ1) is 16.2. The van der Waals surface area contributed by atoms with Crippen LogP contribution in [0.25, 0.3) is 0 Å². The van der Waals surface area contributed by atoms with Crippen LogP contribution >= 0.6 is 15.9 Å². The Morgan fingerprint density at radius 2 is 1.77 bits per heavy atom. The maximum atomic E-state index is 12.2. The molecule has 22 heavy (non-hydrogen) atoms. The third-order valence-electron chi connectivity index (χ3n) is 3.37. The Balaban J connectivity index is 2.23. The summed E-state index contributed by atoms with van der Waals surface area (Å²) in [6.07, 6.45) is 0.597. The quantitative estimate of drug-likeness (QED) is 0.724. The summed E-state index contributed by atoms with van der Waals surface area (Å²) in [5, 5.41) is 17.4. The van der Waals surface area contributed by atoms with Crippen molar-refractivity contribution in [2.24, 2.45) is 0 Å². The molecule has 112 valence electrons. The number of fused-ring (bicyclic) bond motifs is 1. The number of hydrogen-bond acceptors (Lipinski definition) is 5. The first-order valence-electron chi connectivity index (χ1n) is 6.71. The minimum absolute atomic E-state index is 0.192. The fourth-order valence-electron chi connectivity index (χ4n) is 2.31. The molecule has 0 unspecified atom stereocenters. The molecule has 2 rings (SSSR count). The average Bonchev–Trinajstić information content (AvgIpc) is 2.75. The van der Waals surface area contributed by atoms with Gasteiger partial charge in [0, 0.05) is 30.4 Å². The highest BCUT2D eigenvalue weighted by molar-refractivity contribution is 9.10. The van der Waals surface area contributed by atoms with Crippen molar-refractivity contribution in [2.45, 2.75) is 12.8 Å². The van der Waals surface area contributed by atoms with E-state index in [1.807, 2.05) is 17.0 Å². The number of hydrogen-bond donors (Lipinski definition) is 0. The first-order valence-corrected chi connectivity index (χ1v) is 7.50. The summed E-state index contributed by atoms with van der Waals surface area (Å²) in [6, 6.07) is 9.29. The average molecular weight is 361 g/mol. The summed E-state index contributed by atoms with van der Waals surface area (Å²) in [6.45, 7) is 1.08. The lowest BCUT2D eigenvalue weighted by molar-refractivity contribution is -0.114. The van der Waals surface area contributed by atoms with Crippen molar-refractivity contribution in [1.82, 2.24) is 4.90 Å². The standard InChI is InChI=1S/C15H13BrN4O2/c16-11-4-1-5-12-13(11)14(21)15(22)20(12)10-19(8-2-6-17)9-3-7-18/h1,4-5H,2-3,8-10H2. The van der Waals surface area contributed by atoms with Gasteiger partial charge >= 0.3 is 5.91 Å². The second-order valence-corrected chi connectivity index (χ2v) is 5.63. The van der Waals surface area contributed by atoms with Crippen LogP contribution in [-0.4, -0.2) is 36.3 Å². The van der Waals surface area contributed by atoms with Gasteiger partial charge in [-0.05, 0) is 28.1 Å². The number of nitrogens with zero attached hydrogens (tertiary/aromatic N) is 4. The molecule has 0 saturated heterocycles. The number of carbonyl (C=O) groups excluding carboxylic acids is 2. The largest absolute Gasteiger partial charge is 0.300 e. The van der Waals surface area contributed by atoms with E-state index in [0.29, 0.717) is 41.7 Å². The van der Waals surface area contributed by atoms with Gasteiger partial charge in [-0.3, -0.25) is 19.4 Å². The van der Waals surface area contributed by atoms with Crippen molar-refractivity contribution in [3.8, 4) is 12.1 Å². The fraction of sp³-hybridized carbons (Fsp3) is 0.333. The molecule has 0 fully saturated rings. The van der Waals surface area contributed by atoms with Crippen LogP contribution in [0.2, 0.25) is 0 Å². The molecule has 1 amide bonds. The van der Waals surface area contributed by atoms with Gasteiger partial charge in [-0.25, -0.2) is 0 Å². The number of anilines is 1. The molecule has 0 spiro atoms. The highest BCUT2D eigenvalue weighted by Gasteiger charge is 2.37. The van der Waals surface area contributed by atoms with E-state index in [0.717, 1.165) is 0 Å². The topological polar surface area (TPSA) is 88.2 Å². The van der Waals surface area contributed by atoms with E-state index in [4.69, 9.17) is 10.5 Å². The highest BCUT2D eigenvalue weighted by Crippen LogP contribution is 2.34. The molecule has 0 bridgehead atoms. The molecule has 0 aliphatic carbocycles. The minimum atomic E-state index is -0.583. The van der Waals surface area contributed by atoms with Crippen molar-refractivity contribution in [2.75, 3.05) is 24.7 Å². The Morgan fingerprint density at radius 1 is 1.14 bits per heavy atom. The summed E-state index contributed by atoms with van der Waals surface area (Å²) in [5.41, 5.74) is 0.927. The summed E-state index contributed by atoms with van der Waals surface area (Å²) in [7, 11) is 0. The van der Waals surface area contributed by atoms with Gasteiger partial charge < -0.3 is 0 Å². The van der Waals surface area contributed by atoms with E-state index in [1.54, 1.807) is 18.2 Å². The van der Waals surface area contributed by atoms with Crippen molar-refractivity contribution < 1.29 is 9.59 Å². The third kappa shape index (κ3) is 3.16. The lowest BCUT2D eigenvalue weighted by atomic mass is 10.1. The maximum absolute atomic E-state index is 12.2. The zero-order chi connectivity index (χ0) is 16.1. The second-order valence-electron chi connectivity index (χ2n) is 4.77. The van der Waals surface area contributed by atoms with Crippen molar-refractivity contribution >= 4 is 33.3 Å². The number of benzene rings is 1. The molecule has 1 aromatic carbocycles. The van der Waals surface area contributed by atoms with E-state index < -0.39 is 11.7 Å². The second kappa shape index (κ2) is 7.17. The fourth-order valence-corrected chi connectivity index (χ4v) is 2.85. The summed E-state index contributed by atoms with van der Waals surface area (Å²) < 4.78 is 0.589. The number of halogens is 1. The maximum Gasteiger partial charge on any atom is 0.300 e. The lowest BCUT2D eigenvalue weighted by Crippen LogP contribution is -2.41. The van der Waals surface area contributed by atoms with Gasteiger partial charge in [0.2, 0.25) is 0 Å². The smallest absolute Gasteiger partial charge is 0.291 e. The summed E-state index contributed by atoms with van der Waals surface area (Å²) in [5.74, 6) is -1.12. The first-order chi connectivity index (χ1) is 10.6. The van der Waals surface area contributed by atoms with Gasteiger partial charge in [-0.1, -0.05) is 6.07 Å². The molecule has 0 radical (unpaired) electrons. The summed E-state index contributed by atoms with van der Waals surface area (Å²) in [4.78, 5) is 27.5. The molecule has 6 nitrogen and oxygen atoms in total. The zero-order valence-corrected chi connectivity index (χ0v) is 13.3. The van der Waals surface area contributed by atoms with E-state index in [1.165, 1.54) is 4.90 Å². The monoisotopic (exact) mass is 360 g/mol. The Morgan fingerprint density at radius 3 is 2.36 bits per heavy atom. The van der Waals surface area contributed by atoms with E-state index >= 15 is 0 Å². The van der Waals surface area contributed by atoms with Gasteiger partial charge in [0.25, 0.3) is 5.78 Å². The van der Waals surface area contributed by atoms with Gasteiger partial charge in [0.1, 0.15) is 0 Å². The number of amides is 1. The van der Waals surface area contributed by atoms with Crippen LogP contribution < -0.4 is 4.90 Å². The number of Topliss-reactive ketones (excluding diaryl/α,β-unsaturated/α-hetero) is 1. The van der Waals surface area contributed by atoms with Crippen LogP contribution in [0.1, 0.15) is 23.2 Å². The van der Waals surface area contributed by atoms with Crippen LogP contribution in [0.4, 0.5) is 5.69 Å². The molecule has 1 heterocycles. The highest BCUT2D eigenvalue weighted by atomic mass is 79.9. The molecule has 1 aliphatic heterocycles. The van der Waals surface area contributed by atoms with E-state index in [9.17, 15) is 9.59 Å². The summed E-state index contributed by atoms with van der Waals surface area (Å²) >= 11 is 3.29. The molecule has 0 atom stereocenters. The van der Waals surface area contributed by atoms with Crippen LogP contribution in [0.5, 0.6) is 0 Å². The molecule has 0 saturated carbocycles. The Hall–Kier alpha value is -2.22. The molecule has 1 aromatic rings. The molecular weight excluding hydrogens is 348 g/mol. The predicted octanol–water partition coefficient (Wildman–Crippen LogP) is 2.07. The van der Waals surface area contributed by atoms with Crippen LogP contribution in [0.15, 0.2) is 22.7 Å². The Bertz CT molecular complexity index is 672. The van der Waals surface area contributed by atoms with E-state index in [2.05, 4.69) is 15.9 Å². The zero-order valence-electron chi connectivity index (χ0n) is 11.8. The minimum Gasteiger partial charge on any atom is -0.291 e. The van der Waals surface area contributed by atoms with Crippen LogP contribution in [0.3, 0.4) is 0 Å². The lowest BCUT2D eigenvalue weighted by Gasteiger charge is -2.26. The van der Waals surface area contributed by atoms with Gasteiger partial charge in [0.05, 0.1) is 30.1 Å². The van der Waals surface area contributed by atoms with Gasteiger partial charge in [-0.2, -0.15) is 10.5 Å². The molecule has 7 heteroatoms. The van der Waals surface area contributed by atoms with Crippen LogP contribution in [0, 0.1) is 22.7 Å². The van der Waals surface area contributed by atoms with Crippen molar-refractivity contribution in [1.29, 1.82) is 10.5 Å². The normalized spacial score (nSPS) is 13.2. The van der Waals surface area contributed by atoms with Gasteiger partial charge in [0.15, 0.2) is 0 Å². The molecular formula is C15H13BrN4O2. The predicted molar refractivity (Wildman–Crippen MR) is 82.9 cm³/mol. The number of nitriles is 2. The third-order valence-corrected chi connectivity index (χ3v) is 4.03. The number of rotatable bonds is 6. The number of carbonyl (C=O) groups is 2. The van der Waals surface area contributed by atoms with E-state index in [-0.39, 0.29) is 6.67 Å². The molecule has 0 N–H and O–H groups in total. The van der Waals surface area contributed by atoms with Crippen LogP contribution in [-0.2, 0) is 4.79 Å². The van der Waals surface area contributed by atoms with Crippen molar-refractivity contribution in [3.05, 3.63) is 28.2 Å². The SMILES string of the molecule is N#CCCN(CCC#N)CN1C(=O)C(=O)c2c(Br)cccc21.